The third-order valence-electron chi connectivity index (χ3n) is 3.30. The molecule has 0 bridgehead atoms. The molecule has 0 aliphatic carbocycles. The second-order valence-corrected chi connectivity index (χ2v) is 5.14. The Labute approximate surface area is 155 Å². The third-order valence-corrected chi connectivity index (χ3v) is 3.30. The van der Waals surface area contributed by atoms with E-state index in [1.54, 1.807) is 26.0 Å². The summed E-state index contributed by atoms with van der Waals surface area (Å²) in [5.41, 5.74) is 5.86. The summed E-state index contributed by atoms with van der Waals surface area (Å²) in [6.45, 7) is 3.57. The van der Waals surface area contributed by atoms with Crippen LogP contribution < -0.4 is 5.73 Å². The van der Waals surface area contributed by atoms with E-state index in [1.807, 2.05) is 6.07 Å². The lowest BCUT2D eigenvalue weighted by molar-refractivity contribution is -0.142. The number of aromatic nitrogens is 2. The fourth-order valence-electron chi connectivity index (χ4n) is 2.21. The van der Waals surface area contributed by atoms with Crippen LogP contribution in [-0.2, 0) is 20.7 Å². The van der Waals surface area contributed by atoms with Crippen molar-refractivity contribution in [3.63, 3.8) is 0 Å². The molecule has 9 heteroatoms. The summed E-state index contributed by atoms with van der Waals surface area (Å²) in [6, 6.07) is 5.26. The van der Waals surface area contributed by atoms with Crippen LogP contribution in [0.2, 0.25) is 0 Å². The van der Waals surface area contributed by atoms with Gasteiger partial charge in [0.05, 0.1) is 31.6 Å². The van der Waals surface area contributed by atoms with Crippen LogP contribution in [0.15, 0.2) is 22.8 Å². The lowest BCUT2D eigenvalue weighted by Crippen LogP contribution is -2.19. The Morgan fingerprint density at radius 2 is 2.04 bits per heavy atom. The summed E-state index contributed by atoms with van der Waals surface area (Å²) in [6.07, 6.45) is 2.56. The van der Waals surface area contributed by atoms with Gasteiger partial charge in [0, 0.05) is 6.08 Å². The third kappa shape index (κ3) is 4.92. The quantitative estimate of drug-likeness (QED) is 0.572. The monoisotopic (exact) mass is 370 g/mol. The number of rotatable bonds is 7. The number of nitrogens with zero attached hydrogens (tertiary/aromatic N) is 3. The molecular formula is C18H18N4O5. The minimum absolute atomic E-state index is 0.0231. The van der Waals surface area contributed by atoms with Gasteiger partial charge in [0.2, 0.25) is 0 Å². The van der Waals surface area contributed by atoms with Gasteiger partial charge in [-0.05, 0) is 26.0 Å². The lowest BCUT2D eigenvalue weighted by atomic mass is 10.1. The highest BCUT2D eigenvalue weighted by molar-refractivity contribution is 5.97. The normalized spacial score (nSPS) is 10.9. The van der Waals surface area contributed by atoms with Crippen LogP contribution >= 0.6 is 0 Å². The molecule has 0 aliphatic heterocycles. The second-order valence-electron chi connectivity index (χ2n) is 5.14. The molecule has 0 aliphatic rings. The van der Waals surface area contributed by atoms with Crippen molar-refractivity contribution in [2.24, 2.45) is 0 Å². The zero-order valence-electron chi connectivity index (χ0n) is 14.9. The van der Waals surface area contributed by atoms with Gasteiger partial charge in [-0.2, -0.15) is 5.26 Å². The molecule has 0 saturated heterocycles. The Morgan fingerprint density at radius 1 is 1.30 bits per heavy atom. The highest BCUT2D eigenvalue weighted by Crippen LogP contribution is 2.21. The Morgan fingerprint density at radius 3 is 2.63 bits per heavy atom. The first kappa shape index (κ1) is 19.7. The van der Waals surface area contributed by atoms with Crippen molar-refractivity contribution in [2.75, 3.05) is 18.9 Å². The first-order chi connectivity index (χ1) is 13.0. The maximum Gasteiger partial charge on any atom is 0.343 e. The number of hydrogen-bond donors (Lipinski definition) is 1. The summed E-state index contributed by atoms with van der Waals surface area (Å²) in [4.78, 5) is 32.3. The van der Waals surface area contributed by atoms with Crippen LogP contribution in [0.25, 0.3) is 11.6 Å². The van der Waals surface area contributed by atoms with Crippen molar-refractivity contribution in [1.82, 2.24) is 9.97 Å². The zero-order chi connectivity index (χ0) is 19.8. The summed E-state index contributed by atoms with van der Waals surface area (Å²) in [5, 5.41) is 9.42. The number of nitrogen functional groups attached to an aromatic ring is 1. The standard InChI is InChI=1S/C18H18N4O5/c1-3-25-14(23)9-13-15(18(24)26-4-2)16(20)22-17(21-13)11(10-19)8-12-6-5-7-27-12/h5-8H,3-4,9H2,1-2H3,(H2,20,21,22)/b11-8+. The number of carbonyl (C=O) groups is 2. The largest absolute Gasteiger partial charge is 0.466 e. The number of furan rings is 1. The number of hydrogen-bond acceptors (Lipinski definition) is 9. The number of allylic oxidation sites excluding steroid dienone is 1. The molecule has 0 radical (unpaired) electrons. The van der Waals surface area contributed by atoms with Crippen LogP contribution in [0.1, 0.15) is 41.5 Å². The van der Waals surface area contributed by atoms with Gasteiger partial charge in [0.15, 0.2) is 5.82 Å². The van der Waals surface area contributed by atoms with Gasteiger partial charge in [0.1, 0.15) is 28.8 Å². The summed E-state index contributed by atoms with van der Waals surface area (Å²) >= 11 is 0. The van der Waals surface area contributed by atoms with Gasteiger partial charge in [-0.25, -0.2) is 14.8 Å². The Hall–Kier alpha value is -3.67. The minimum Gasteiger partial charge on any atom is -0.466 e. The van der Waals surface area contributed by atoms with Crippen molar-refractivity contribution in [3.05, 3.63) is 41.2 Å². The molecule has 0 spiro atoms. The number of nitrogens with two attached hydrogens (primary N) is 1. The number of carbonyl (C=O) groups excluding carboxylic acids is 2. The molecule has 0 atom stereocenters. The summed E-state index contributed by atoms with van der Waals surface area (Å²) in [5.74, 6) is -1.18. The maximum atomic E-state index is 12.2. The van der Waals surface area contributed by atoms with E-state index in [4.69, 9.17) is 19.6 Å². The summed E-state index contributed by atoms with van der Waals surface area (Å²) < 4.78 is 15.0. The first-order valence-electron chi connectivity index (χ1n) is 8.14. The molecule has 2 aromatic rings. The van der Waals surface area contributed by atoms with Gasteiger partial charge in [-0.1, -0.05) is 0 Å². The van der Waals surface area contributed by atoms with Crippen molar-refractivity contribution < 1.29 is 23.5 Å². The molecule has 0 fully saturated rings. The van der Waals surface area contributed by atoms with E-state index in [9.17, 15) is 14.9 Å². The average molecular weight is 370 g/mol. The van der Waals surface area contributed by atoms with Crippen LogP contribution in [0.3, 0.4) is 0 Å². The lowest BCUT2D eigenvalue weighted by Gasteiger charge is -2.11. The Kier molecular flexibility index (Phi) is 6.66. The first-order valence-corrected chi connectivity index (χ1v) is 8.14. The van der Waals surface area contributed by atoms with Gasteiger partial charge in [-0.3, -0.25) is 4.79 Å². The number of nitriles is 1. The van der Waals surface area contributed by atoms with Crippen LogP contribution in [-0.4, -0.2) is 35.1 Å². The SMILES string of the molecule is CCOC(=O)Cc1nc(/C(C#N)=C/c2ccco2)nc(N)c1C(=O)OCC. The molecule has 2 rings (SSSR count). The molecule has 0 saturated carbocycles. The van der Waals surface area contributed by atoms with Gasteiger partial charge < -0.3 is 19.6 Å². The molecule has 9 nitrogen and oxygen atoms in total. The number of anilines is 1. The van der Waals surface area contributed by atoms with Crippen LogP contribution in [0.4, 0.5) is 5.82 Å². The van der Waals surface area contributed by atoms with Crippen molar-refractivity contribution in [3.8, 4) is 6.07 Å². The Balaban J connectivity index is 2.54. The average Bonchev–Trinajstić information content (AvgIpc) is 3.12. The van der Waals surface area contributed by atoms with E-state index >= 15 is 0 Å². The number of ether oxygens (including phenoxy) is 2. The van der Waals surface area contributed by atoms with Crippen molar-refractivity contribution in [2.45, 2.75) is 20.3 Å². The molecule has 2 heterocycles. The van der Waals surface area contributed by atoms with E-state index in [1.165, 1.54) is 12.3 Å². The van der Waals surface area contributed by atoms with Crippen molar-refractivity contribution >= 4 is 29.4 Å². The van der Waals surface area contributed by atoms with E-state index in [0.717, 1.165) is 0 Å². The van der Waals surface area contributed by atoms with E-state index in [-0.39, 0.29) is 48.1 Å². The highest BCUT2D eigenvalue weighted by atomic mass is 16.5. The number of esters is 2. The van der Waals surface area contributed by atoms with Gasteiger partial charge >= 0.3 is 11.9 Å². The zero-order valence-corrected chi connectivity index (χ0v) is 14.9. The topological polar surface area (TPSA) is 141 Å². The van der Waals surface area contributed by atoms with Crippen LogP contribution in [0, 0.1) is 11.3 Å². The molecule has 2 N–H and O–H groups in total. The van der Waals surface area contributed by atoms with E-state index < -0.39 is 11.9 Å². The highest BCUT2D eigenvalue weighted by Gasteiger charge is 2.24. The van der Waals surface area contributed by atoms with E-state index in [0.29, 0.717) is 5.76 Å². The van der Waals surface area contributed by atoms with Gasteiger partial charge in [-0.15, -0.1) is 0 Å². The summed E-state index contributed by atoms with van der Waals surface area (Å²) in [7, 11) is 0. The smallest absolute Gasteiger partial charge is 0.343 e. The molecule has 0 unspecified atom stereocenters. The fourth-order valence-corrected chi connectivity index (χ4v) is 2.21. The molecular weight excluding hydrogens is 352 g/mol. The molecule has 0 amide bonds. The van der Waals surface area contributed by atoms with Gasteiger partial charge in [0.25, 0.3) is 0 Å². The molecule has 2 aromatic heterocycles. The fraction of sp³-hybridized carbons (Fsp3) is 0.278. The second kappa shape index (κ2) is 9.15. The molecule has 0 aromatic carbocycles. The molecule has 140 valence electrons. The van der Waals surface area contributed by atoms with Crippen LogP contribution in [0.5, 0.6) is 0 Å². The molecule has 27 heavy (non-hydrogen) atoms. The Bertz CT molecular complexity index is 897. The minimum atomic E-state index is -0.755. The predicted molar refractivity (Wildman–Crippen MR) is 94.9 cm³/mol. The maximum absolute atomic E-state index is 12.2. The van der Waals surface area contributed by atoms with Crippen molar-refractivity contribution in [1.29, 1.82) is 5.26 Å². The predicted octanol–water partition coefficient (Wildman–Crippen LogP) is 2.00. The van der Waals surface area contributed by atoms with E-state index in [2.05, 4.69) is 9.97 Å².